The van der Waals surface area contributed by atoms with Gasteiger partial charge < -0.3 is 4.90 Å². The Balaban J connectivity index is 1.23. The molecule has 1 nitrogen and oxygen atoms in total. The first-order valence-corrected chi connectivity index (χ1v) is 18.9. The second-order valence-electron chi connectivity index (χ2n) is 14.1. The number of fused-ring (bicyclic) bond motifs is 4. The van der Waals surface area contributed by atoms with E-state index in [1.54, 1.807) is 0 Å². The van der Waals surface area contributed by atoms with Crippen LogP contribution in [0, 0.1) is 0 Å². The molecule has 0 aromatic heterocycles. The lowest BCUT2D eigenvalue weighted by molar-refractivity contribution is 1.30. The van der Waals surface area contributed by atoms with E-state index < -0.39 is 0 Å². The molecule has 0 radical (unpaired) electrons. The van der Waals surface area contributed by atoms with Crippen molar-refractivity contribution in [3.05, 3.63) is 224 Å². The molecule has 0 unspecified atom stereocenters. The van der Waals surface area contributed by atoms with E-state index in [1.807, 2.05) is 0 Å². The first-order valence-electron chi connectivity index (χ1n) is 18.9. The molecule has 0 fully saturated rings. The molecule has 0 aliphatic rings. The molecule has 0 bridgehead atoms. The maximum atomic E-state index is 2.48. The summed E-state index contributed by atoms with van der Waals surface area (Å²) in [6.07, 6.45) is 0. The molecule has 0 atom stereocenters. The number of hydrogen-bond acceptors (Lipinski definition) is 1. The van der Waals surface area contributed by atoms with E-state index in [0.717, 1.165) is 17.1 Å². The highest BCUT2D eigenvalue weighted by Gasteiger charge is 2.24. The summed E-state index contributed by atoms with van der Waals surface area (Å²) < 4.78 is 0. The van der Waals surface area contributed by atoms with Crippen molar-refractivity contribution in [3.8, 4) is 44.5 Å². The van der Waals surface area contributed by atoms with Gasteiger partial charge in [-0.05, 0) is 102 Å². The Morgan fingerprint density at radius 2 is 0.709 bits per heavy atom. The third kappa shape index (κ3) is 6.02. The predicted octanol–water partition coefficient (Wildman–Crippen LogP) is 15.3. The summed E-state index contributed by atoms with van der Waals surface area (Å²) in [5, 5.41) is 7.37. The van der Waals surface area contributed by atoms with Crippen LogP contribution >= 0.6 is 0 Å². The smallest absolute Gasteiger partial charge is 0.0624 e. The van der Waals surface area contributed by atoms with Crippen molar-refractivity contribution in [2.75, 3.05) is 4.90 Å². The second kappa shape index (κ2) is 14.0. The van der Waals surface area contributed by atoms with Crippen LogP contribution in [0.3, 0.4) is 0 Å². The van der Waals surface area contributed by atoms with Crippen LogP contribution in [-0.2, 0) is 0 Å². The van der Waals surface area contributed by atoms with Crippen molar-refractivity contribution in [3.63, 3.8) is 0 Å². The minimum atomic E-state index is 1.09. The fourth-order valence-electron chi connectivity index (χ4n) is 8.17. The van der Waals surface area contributed by atoms with Gasteiger partial charge in [0.15, 0.2) is 0 Å². The van der Waals surface area contributed by atoms with Crippen molar-refractivity contribution in [1.82, 2.24) is 0 Å². The summed E-state index contributed by atoms with van der Waals surface area (Å²) in [6.45, 7) is 0. The molecule has 258 valence electrons. The van der Waals surface area contributed by atoms with Gasteiger partial charge >= 0.3 is 0 Å². The Morgan fingerprint density at radius 1 is 0.236 bits per heavy atom. The summed E-state index contributed by atoms with van der Waals surface area (Å²) >= 11 is 0. The molecule has 10 aromatic carbocycles. The minimum absolute atomic E-state index is 1.09. The van der Waals surface area contributed by atoms with Crippen LogP contribution in [0.25, 0.3) is 76.8 Å². The highest BCUT2D eigenvalue weighted by Crippen LogP contribution is 2.50. The first kappa shape index (κ1) is 32.4. The molecule has 0 N–H and O–H groups in total. The first-order chi connectivity index (χ1) is 27.3. The number of benzene rings is 10. The molecular weight excluding hydrogens is 663 g/mol. The Kier molecular flexibility index (Phi) is 8.24. The Morgan fingerprint density at radius 3 is 1.38 bits per heavy atom. The zero-order valence-corrected chi connectivity index (χ0v) is 30.3. The van der Waals surface area contributed by atoms with Crippen LogP contribution in [0.15, 0.2) is 224 Å². The molecule has 0 saturated carbocycles. The molecule has 0 aliphatic heterocycles. The molecule has 55 heavy (non-hydrogen) atoms. The lowest BCUT2D eigenvalue weighted by atomic mass is 9.89. The normalized spacial score (nSPS) is 11.3. The molecule has 0 aliphatic carbocycles. The van der Waals surface area contributed by atoms with Gasteiger partial charge in [0.05, 0.1) is 5.69 Å². The SMILES string of the molecule is c1ccc(-c2cccc(-c3ccc(N(c4cccc(-c5ccccc5)c4)c4c(-c5ccc6ccccc6c5)c5ccccc5c5ccccc45)cc3)c2)cc1. The molecule has 0 amide bonds. The maximum absolute atomic E-state index is 2.48. The van der Waals surface area contributed by atoms with Gasteiger partial charge in [0.25, 0.3) is 0 Å². The number of anilines is 3. The molecule has 0 spiro atoms. The van der Waals surface area contributed by atoms with Gasteiger partial charge in [-0.2, -0.15) is 0 Å². The van der Waals surface area contributed by atoms with E-state index in [9.17, 15) is 0 Å². The topological polar surface area (TPSA) is 3.24 Å². The van der Waals surface area contributed by atoms with Crippen LogP contribution in [0.2, 0.25) is 0 Å². The van der Waals surface area contributed by atoms with Crippen molar-refractivity contribution < 1.29 is 0 Å². The average Bonchev–Trinajstić information content (AvgIpc) is 3.27. The summed E-state index contributed by atoms with van der Waals surface area (Å²) in [5.74, 6) is 0. The molecule has 0 saturated heterocycles. The standard InChI is InChI=1S/C54H37N/c1-3-15-38(16-4-1)43-21-13-22-44(35-43)41-31-33-47(34-32-41)55(48-24-14-23-45(37-48)39-17-5-2-6-18-39)54-52-28-12-10-26-50(52)49-25-9-11-27-51(49)53(54)46-30-29-40-19-7-8-20-42(40)36-46/h1-37H. The van der Waals surface area contributed by atoms with Crippen LogP contribution in [0.4, 0.5) is 17.1 Å². The van der Waals surface area contributed by atoms with Gasteiger partial charge in [0, 0.05) is 22.3 Å². The lowest BCUT2D eigenvalue weighted by Crippen LogP contribution is -2.12. The molecule has 10 rings (SSSR count). The van der Waals surface area contributed by atoms with E-state index in [0.29, 0.717) is 0 Å². The number of rotatable bonds is 7. The zero-order chi connectivity index (χ0) is 36.6. The summed E-state index contributed by atoms with van der Waals surface area (Å²) in [7, 11) is 0. The van der Waals surface area contributed by atoms with Crippen LogP contribution in [0.1, 0.15) is 0 Å². The fraction of sp³-hybridized carbons (Fsp3) is 0. The Bertz CT molecular complexity index is 2960. The van der Waals surface area contributed by atoms with Gasteiger partial charge in [-0.1, -0.05) is 188 Å². The van der Waals surface area contributed by atoms with Crippen molar-refractivity contribution in [2.45, 2.75) is 0 Å². The van der Waals surface area contributed by atoms with E-state index in [4.69, 9.17) is 0 Å². The van der Waals surface area contributed by atoms with Gasteiger partial charge in [-0.3, -0.25) is 0 Å². The highest BCUT2D eigenvalue weighted by molar-refractivity contribution is 6.22. The van der Waals surface area contributed by atoms with Gasteiger partial charge in [0.1, 0.15) is 0 Å². The van der Waals surface area contributed by atoms with Gasteiger partial charge in [-0.15, -0.1) is 0 Å². The fourth-order valence-corrected chi connectivity index (χ4v) is 8.17. The number of nitrogens with zero attached hydrogens (tertiary/aromatic N) is 1. The molecule has 1 heteroatoms. The zero-order valence-electron chi connectivity index (χ0n) is 30.3. The molecule has 10 aromatic rings. The third-order valence-electron chi connectivity index (χ3n) is 10.8. The van der Waals surface area contributed by atoms with Crippen LogP contribution in [-0.4, -0.2) is 0 Å². The highest BCUT2D eigenvalue weighted by atomic mass is 15.1. The largest absolute Gasteiger partial charge is 0.309 e. The Labute approximate surface area is 322 Å². The average molecular weight is 700 g/mol. The number of hydrogen-bond donors (Lipinski definition) is 0. The Hall–Kier alpha value is -7.22. The van der Waals surface area contributed by atoms with E-state index in [2.05, 4.69) is 229 Å². The summed E-state index contributed by atoms with van der Waals surface area (Å²) in [4.78, 5) is 2.48. The van der Waals surface area contributed by atoms with Crippen LogP contribution < -0.4 is 4.90 Å². The molecule has 0 heterocycles. The van der Waals surface area contributed by atoms with E-state index >= 15 is 0 Å². The summed E-state index contributed by atoms with van der Waals surface area (Å²) in [5.41, 5.74) is 12.9. The van der Waals surface area contributed by atoms with Gasteiger partial charge in [-0.25, -0.2) is 0 Å². The lowest BCUT2D eigenvalue weighted by Gasteiger charge is -2.31. The minimum Gasteiger partial charge on any atom is -0.309 e. The van der Waals surface area contributed by atoms with Crippen molar-refractivity contribution >= 4 is 49.4 Å². The third-order valence-corrected chi connectivity index (χ3v) is 10.8. The summed E-state index contributed by atoms with van der Waals surface area (Å²) in [6, 6.07) is 81.6. The molecular formula is C54H37N. The van der Waals surface area contributed by atoms with E-state index in [1.165, 1.54) is 76.8 Å². The maximum Gasteiger partial charge on any atom is 0.0624 e. The van der Waals surface area contributed by atoms with Crippen molar-refractivity contribution in [2.24, 2.45) is 0 Å². The second-order valence-corrected chi connectivity index (χ2v) is 14.1. The predicted molar refractivity (Wildman–Crippen MR) is 235 cm³/mol. The quantitative estimate of drug-likeness (QED) is 0.150. The van der Waals surface area contributed by atoms with Gasteiger partial charge in [0.2, 0.25) is 0 Å². The van der Waals surface area contributed by atoms with Crippen molar-refractivity contribution in [1.29, 1.82) is 0 Å². The monoisotopic (exact) mass is 699 g/mol. The van der Waals surface area contributed by atoms with Crippen LogP contribution in [0.5, 0.6) is 0 Å². The van der Waals surface area contributed by atoms with E-state index in [-0.39, 0.29) is 0 Å².